The van der Waals surface area contributed by atoms with Gasteiger partial charge in [0.25, 0.3) is 6.47 Å². The maximum Gasteiger partial charge on any atom is 0.292 e. The van der Waals surface area contributed by atoms with E-state index in [1.807, 2.05) is 33.8 Å². The largest absolute Gasteiger partial charge is 0.471 e. The zero-order valence-electron chi connectivity index (χ0n) is 17.6. The third kappa shape index (κ3) is 10.1. The number of aryl methyl sites for hydroxylation is 2. The Morgan fingerprint density at radius 2 is 1.69 bits per heavy atom. The number of hydrogen-bond donors (Lipinski definition) is 1. The fraction of sp³-hybridized carbons (Fsp3) is 0.524. The van der Waals surface area contributed by atoms with Crippen molar-refractivity contribution in [3.05, 3.63) is 40.8 Å². The smallest absolute Gasteiger partial charge is 0.292 e. The van der Waals surface area contributed by atoms with Gasteiger partial charge in [-0.25, -0.2) is 4.39 Å². The first kappa shape index (κ1) is 26.2. The Hall–Kier alpha value is -2.01. The van der Waals surface area contributed by atoms with Crippen LogP contribution in [-0.4, -0.2) is 29.3 Å². The molecule has 2 rings (SSSR count). The molecule has 1 N–H and O–H groups in total. The number of benzene rings is 1. The van der Waals surface area contributed by atoms with Gasteiger partial charge in [0.1, 0.15) is 5.82 Å². The molecule has 4 nitrogen and oxygen atoms in total. The van der Waals surface area contributed by atoms with Crippen LogP contribution in [0.2, 0.25) is 0 Å². The Morgan fingerprint density at radius 1 is 1.23 bits per heavy atom. The molecule has 0 aliphatic heterocycles. The van der Waals surface area contributed by atoms with Crippen LogP contribution >= 0.6 is 0 Å². The summed E-state index contributed by atoms with van der Waals surface area (Å²) in [7, 11) is 1.31. The van der Waals surface area contributed by atoms with Crippen LogP contribution in [0.5, 0.6) is 0 Å². The van der Waals surface area contributed by atoms with E-state index in [1.165, 1.54) is 13.2 Å². The van der Waals surface area contributed by atoms with E-state index >= 15 is 0 Å². The van der Waals surface area contributed by atoms with Crippen LogP contribution in [0, 0.1) is 19.7 Å². The van der Waals surface area contributed by atoms with Crippen LogP contribution in [0.3, 0.4) is 0 Å². The minimum atomic E-state index is -0.500. The molecule has 2 aromatic rings. The van der Waals surface area contributed by atoms with Gasteiger partial charge in [0.05, 0.1) is 18.2 Å². The van der Waals surface area contributed by atoms with Gasteiger partial charge in [-0.15, -0.1) is 0 Å². The number of hydrogen-bond acceptors (Lipinski definition) is 4. The minimum Gasteiger partial charge on any atom is -0.471 e. The molecule has 148 valence electrons. The number of carbonyl (C=O) groups is 1. The van der Waals surface area contributed by atoms with Gasteiger partial charge in [-0.3, -0.25) is 9.78 Å². The second kappa shape index (κ2) is 13.2. The van der Waals surface area contributed by atoms with E-state index in [0.29, 0.717) is 11.9 Å². The number of pyridine rings is 1. The van der Waals surface area contributed by atoms with Gasteiger partial charge in [-0.1, -0.05) is 26.8 Å². The fourth-order valence-corrected chi connectivity index (χ4v) is 2.17. The number of ether oxygens (including phenoxy) is 1. The molecule has 0 aliphatic rings. The number of rotatable bonds is 2. The fourth-order valence-electron chi connectivity index (χ4n) is 2.17. The van der Waals surface area contributed by atoms with Crippen LogP contribution in [0.15, 0.2) is 18.2 Å². The first-order valence-electron chi connectivity index (χ1n) is 8.79. The quantitative estimate of drug-likeness (QED) is 0.746. The molecule has 1 aromatic carbocycles. The zero-order chi connectivity index (χ0) is 20.9. The molecule has 0 aliphatic carbocycles. The lowest BCUT2D eigenvalue weighted by Crippen LogP contribution is -2.10. The number of fused-ring (bicyclic) bond motifs is 1. The summed E-state index contributed by atoms with van der Waals surface area (Å²) in [6.07, 6.45) is 0.898. The summed E-state index contributed by atoms with van der Waals surface area (Å²) >= 11 is 0. The number of halogens is 1. The van der Waals surface area contributed by atoms with Crippen molar-refractivity contribution in [1.82, 2.24) is 4.98 Å². The Balaban J connectivity index is 0. The van der Waals surface area contributed by atoms with Crippen molar-refractivity contribution < 1.29 is 19.0 Å². The van der Waals surface area contributed by atoms with Crippen LogP contribution in [0.4, 0.5) is 4.39 Å². The van der Waals surface area contributed by atoms with Crippen molar-refractivity contribution in [2.45, 2.75) is 67.4 Å². The molecule has 0 saturated carbocycles. The number of aliphatic hydroxyl groups is 1. The van der Waals surface area contributed by atoms with Gasteiger partial charge < -0.3 is 9.84 Å². The Morgan fingerprint density at radius 3 is 2.08 bits per heavy atom. The third-order valence-corrected chi connectivity index (χ3v) is 2.99. The van der Waals surface area contributed by atoms with Crippen molar-refractivity contribution in [1.29, 1.82) is 0 Å². The van der Waals surface area contributed by atoms with E-state index in [-0.39, 0.29) is 5.82 Å². The molecule has 0 amide bonds. The van der Waals surface area contributed by atoms with Crippen LogP contribution in [-0.2, 0) is 16.0 Å². The molecule has 0 atom stereocenters. The zero-order valence-corrected chi connectivity index (χ0v) is 17.6. The molecular formula is C21H34FNO3. The van der Waals surface area contributed by atoms with Crippen molar-refractivity contribution in [3.63, 3.8) is 0 Å². The van der Waals surface area contributed by atoms with Crippen molar-refractivity contribution >= 4 is 17.4 Å². The second-order valence-corrected chi connectivity index (χ2v) is 6.29. The Kier molecular flexibility index (Phi) is 13.3. The van der Waals surface area contributed by atoms with Crippen LogP contribution < -0.4 is 0 Å². The van der Waals surface area contributed by atoms with Crippen molar-refractivity contribution in [2.75, 3.05) is 7.11 Å². The summed E-state index contributed by atoms with van der Waals surface area (Å²) in [4.78, 5) is 13.4. The Labute approximate surface area is 157 Å². The maximum absolute atomic E-state index is 13.7. The minimum absolute atomic E-state index is 0.174. The molecule has 0 unspecified atom stereocenters. The highest BCUT2D eigenvalue weighted by Gasteiger charge is 2.10. The van der Waals surface area contributed by atoms with E-state index in [2.05, 4.69) is 16.6 Å². The summed E-state index contributed by atoms with van der Waals surface area (Å²) in [5.41, 5.74) is 3.45. The molecule has 0 saturated heterocycles. The summed E-state index contributed by atoms with van der Waals surface area (Å²) in [5, 5.41) is 9.19. The van der Waals surface area contributed by atoms with E-state index in [9.17, 15) is 4.39 Å². The third-order valence-electron chi connectivity index (χ3n) is 2.99. The van der Waals surface area contributed by atoms with E-state index in [1.54, 1.807) is 26.8 Å². The SMILES string of the molecule is CC.CC(C)(C)O.CCc1c(C)nc2cccc(F)c2c1C.COC=O. The lowest BCUT2D eigenvalue weighted by molar-refractivity contribution is -0.126. The van der Waals surface area contributed by atoms with Crippen LogP contribution in [0.1, 0.15) is 58.4 Å². The maximum atomic E-state index is 13.7. The molecule has 0 bridgehead atoms. The molecular weight excluding hydrogens is 333 g/mol. The summed E-state index contributed by atoms with van der Waals surface area (Å²) < 4.78 is 17.5. The predicted octanol–water partition coefficient (Wildman–Crippen LogP) is 5.15. The summed E-state index contributed by atoms with van der Waals surface area (Å²) in [6.45, 7) is 15.6. The topological polar surface area (TPSA) is 59.4 Å². The lowest BCUT2D eigenvalue weighted by Gasteiger charge is -2.10. The van der Waals surface area contributed by atoms with Crippen molar-refractivity contribution in [3.8, 4) is 0 Å². The molecule has 26 heavy (non-hydrogen) atoms. The molecule has 5 heteroatoms. The first-order valence-corrected chi connectivity index (χ1v) is 8.79. The van der Waals surface area contributed by atoms with E-state index in [0.717, 1.165) is 28.8 Å². The van der Waals surface area contributed by atoms with Gasteiger partial charge in [-0.05, 0) is 64.3 Å². The average molecular weight is 368 g/mol. The lowest BCUT2D eigenvalue weighted by atomic mass is 10.00. The van der Waals surface area contributed by atoms with Crippen LogP contribution in [0.25, 0.3) is 10.9 Å². The number of aromatic nitrogens is 1. The van der Waals surface area contributed by atoms with E-state index in [4.69, 9.17) is 9.90 Å². The average Bonchev–Trinajstić information content (AvgIpc) is 2.55. The molecule has 0 radical (unpaired) electrons. The standard InChI is InChI=1S/C13H14FN.C4H10O.C2H4O2.C2H6/c1-4-10-8(2)13-11(14)6-5-7-12(13)15-9(10)3;1-4(2,3)5;1-4-2-3;1-2/h5-7H,4H2,1-3H3;5H,1-3H3;2H,1H3;1-2H3. The van der Waals surface area contributed by atoms with Gasteiger partial charge in [-0.2, -0.15) is 0 Å². The predicted molar refractivity (Wildman–Crippen MR) is 107 cm³/mol. The molecule has 1 aromatic heterocycles. The number of methoxy groups -OCH3 is 1. The highest BCUT2D eigenvalue weighted by molar-refractivity contribution is 5.84. The highest BCUT2D eigenvalue weighted by atomic mass is 19.1. The van der Waals surface area contributed by atoms with Gasteiger partial charge in [0.2, 0.25) is 0 Å². The van der Waals surface area contributed by atoms with Gasteiger partial charge >= 0.3 is 0 Å². The first-order chi connectivity index (χ1) is 12.1. The summed E-state index contributed by atoms with van der Waals surface area (Å²) in [5.74, 6) is -0.174. The molecule has 1 heterocycles. The summed E-state index contributed by atoms with van der Waals surface area (Å²) in [6, 6.07) is 5.05. The monoisotopic (exact) mass is 367 g/mol. The molecule has 0 fully saturated rings. The van der Waals surface area contributed by atoms with Crippen molar-refractivity contribution in [2.24, 2.45) is 0 Å². The number of carbonyl (C=O) groups excluding carboxylic acids is 1. The van der Waals surface area contributed by atoms with Gasteiger partial charge in [0.15, 0.2) is 0 Å². The normalized spacial score (nSPS) is 9.65. The second-order valence-electron chi connectivity index (χ2n) is 6.29. The highest BCUT2D eigenvalue weighted by Crippen LogP contribution is 2.25. The number of nitrogens with zero attached hydrogens (tertiary/aromatic N) is 1. The Bertz CT molecular complexity index is 658. The van der Waals surface area contributed by atoms with Gasteiger partial charge in [0, 0.05) is 11.1 Å². The molecule has 0 spiro atoms. The van der Waals surface area contributed by atoms with E-state index < -0.39 is 5.60 Å².